The summed E-state index contributed by atoms with van der Waals surface area (Å²) in [6.07, 6.45) is 0.550. The number of carbonyl (C=O) groups is 3. The van der Waals surface area contributed by atoms with E-state index in [9.17, 15) is 19.5 Å². The van der Waals surface area contributed by atoms with Crippen molar-refractivity contribution in [3.05, 3.63) is 21.4 Å². The van der Waals surface area contributed by atoms with Gasteiger partial charge in [0.2, 0.25) is 5.91 Å². The maximum Gasteiger partial charge on any atom is 0.330 e. The van der Waals surface area contributed by atoms with Gasteiger partial charge in [-0.05, 0) is 32.1 Å². The fourth-order valence-electron chi connectivity index (χ4n) is 2.48. The molecule has 2 heterocycles. The lowest BCUT2D eigenvalue weighted by Crippen LogP contribution is -2.54. The van der Waals surface area contributed by atoms with Gasteiger partial charge in [0.25, 0.3) is 0 Å². The number of carboxylic acid groups (broad SMARTS) is 1. The molecule has 1 amide bonds. The van der Waals surface area contributed by atoms with Gasteiger partial charge in [0, 0.05) is 33.9 Å². The molecule has 0 bridgehead atoms. The van der Waals surface area contributed by atoms with Crippen molar-refractivity contribution in [2.75, 3.05) is 11.5 Å². The highest BCUT2D eigenvalue weighted by Gasteiger charge is 2.43. The Morgan fingerprint density at radius 3 is 2.55 bits per heavy atom. The van der Waals surface area contributed by atoms with Gasteiger partial charge in [-0.2, -0.15) is 11.8 Å². The maximum absolute atomic E-state index is 12.1. The zero-order valence-electron chi connectivity index (χ0n) is 12.6. The quantitative estimate of drug-likeness (QED) is 0.776. The Bertz CT molecular complexity index is 603. The normalized spacial score (nSPS) is 20.8. The summed E-state index contributed by atoms with van der Waals surface area (Å²) in [6, 6.07) is 1.84. The molecule has 1 aromatic rings. The zero-order chi connectivity index (χ0) is 16.3. The van der Waals surface area contributed by atoms with Crippen LogP contribution in [0.4, 0.5) is 0 Å². The number of ketones is 1. The molecule has 2 N–H and O–H groups in total. The first-order valence-electron chi connectivity index (χ1n) is 7.06. The number of aliphatic carboxylic acids is 1. The van der Waals surface area contributed by atoms with Crippen molar-refractivity contribution in [3.8, 4) is 0 Å². The molecule has 22 heavy (non-hydrogen) atoms. The number of hydrogen-bond acceptors (Lipinski definition) is 5. The summed E-state index contributed by atoms with van der Waals surface area (Å²) in [5.41, 5.74) is -0.501. The van der Waals surface area contributed by atoms with Crippen LogP contribution < -0.4 is 5.32 Å². The number of hydrogen-bond donors (Lipinski definition) is 2. The highest BCUT2D eigenvalue weighted by atomic mass is 32.2. The van der Waals surface area contributed by atoms with E-state index in [0.29, 0.717) is 17.7 Å². The van der Waals surface area contributed by atoms with Gasteiger partial charge in [-0.25, -0.2) is 4.79 Å². The van der Waals surface area contributed by atoms with Crippen LogP contribution in [0.3, 0.4) is 0 Å². The van der Waals surface area contributed by atoms with Crippen LogP contribution in [0, 0.1) is 13.8 Å². The van der Waals surface area contributed by atoms with Crippen molar-refractivity contribution in [2.24, 2.45) is 0 Å². The van der Waals surface area contributed by atoms with Crippen LogP contribution >= 0.6 is 23.1 Å². The van der Waals surface area contributed by atoms with E-state index in [0.717, 1.165) is 15.5 Å². The summed E-state index contributed by atoms with van der Waals surface area (Å²) in [4.78, 5) is 37.5. The van der Waals surface area contributed by atoms with Crippen LogP contribution in [0.2, 0.25) is 0 Å². The molecule has 0 saturated carbocycles. The van der Waals surface area contributed by atoms with Crippen molar-refractivity contribution < 1.29 is 19.5 Å². The van der Waals surface area contributed by atoms with E-state index >= 15 is 0 Å². The van der Waals surface area contributed by atoms with Crippen molar-refractivity contribution in [3.63, 3.8) is 0 Å². The third-order valence-corrected chi connectivity index (χ3v) is 5.89. The van der Waals surface area contributed by atoms with E-state index in [1.807, 2.05) is 19.9 Å². The Labute approximate surface area is 137 Å². The van der Waals surface area contributed by atoms with E-state index < -0.39 is 11.5 Å². The molecule has 0 aliphatic carbocycles. The van der Waals surface area contributed by atoms with E-state index in [1.54, 1.807) is 11.3 Å². The van der Waals surface area contributed by atoms with Crippen LogP contribution in [0.5, 0.6) is 0 Å². The monoisotopic (exact) mass is 341 g/mol. The predicted octanol–water partition coefficient (Wildman–Crippen LogP) is 2.40. The molecule has 1 saturated heterocycles. The fourth-order valence-corrected chi connectivity index (χ4v) is 4.75. The minimum absolute atomic E-state index is 0.0207. The van der Waals surface area contributed by atoms with Gasteiger partial charge in [-0.15, -0.1) is 11.3 Å². The lowest BCUT2D eigenvalue weighted by Gasteiger charge is -2.24. The predicted molar refractivity (Wildman–Crippen MR) is 87.8 cm³/mol. The molecule has 1 atom stereocenters. The summed E-state index contributed by atoms with van der Waals surface area (Å²) >= 11 is 3.08. The Kier molecular flexibility index (Phi) is 5.28. The van der Waals surface area contributed by atoms with Crippen molar-refractivity contribution in [1.82, 2.24) is 5.32 Å². The van der Waals surface area contributed by atoms with Crippen molar-refractivity contribution in [1.29, 1.82) is 0 Å². The highest BCUT2D eigenvalue weighted by molar-refractivity contribution is 7.99. The first kappa shape index (κ1) is 17.0. The number of Topliss-reactive ketones (excluding diaryl/α,β-unsaturated/α-hetero) is 1. The Morgan fingerprint density at radius 1 is 1.32 bits per heavy atom. The number of carbonyl (C=O) groups excluding carboxylic acids is 2. The zero-order valence-corrected chi connectivity index (χ0v) is 14.2. The molecule has 1 unspecified atom stereocenters. The molecule has 1 fully saturated rings. The second kappa shape index (κ2) is 6.83. The van der Waals surface area contributed by atoms with Crippen LogP contribution in [0.15, 0.2) is 6.07 Å². The molecule has 5 nitrogen and oxygen atoms in total. The Balaban J connectivity index is 1.91. The molecule has 120 valence electrons. The molecule has 0 aromatic carbocycles. The summed E-state index contributed by atoms with van der Waals surface area (Å²) < 4.78 is 0. The number of amides is 1. The van der Waals surface area contributed by atoms with Crippen LogP contribution in [-0.2, 0) is 9.59 Å². The minimum Gasteiger partial charge on any atom is -0.479 e. The fraction of sp³-hybridized carbons (Fsp3) is 0.533. The standard InChI is InChI=1S/C15H19NO4S2/c1-9-7-11(10(2)22-9)12(17)3-4-13(18)16-15(14(19)20)5-6-21-8-15/h7H,3-6,8H2,1-2H3,(H,16,18)(H,19,20). The Hall–Kier alpha value is -1.34. The van der Waals surface area contributed by atoms with E-state index in [4.69, 9.17) is 0 Å². The molecule has 0 radical (unpaired) electrons. The first-order valence-corrected chi connectivity index (χ1v) is 9.03. The summed E-state index contributed by atoms with van der Waals surface area (Å²) in [5, 5.41) is 11.9. The third kappa shape index (κ3) is 3.70. The minimum atomic E-state index is -1.17. The molecular weight excluding hydrogens is 322 g/mol. The third-order valence-electron chi connectivity index (χ3n) is 3.73. The van der Waals surface area contributed by atoms with Crippen molar-refractivity contribution in [2.45, 2.75) is 38.6 Å². The highest BCUT2D eigenvalue weighted by Crippen LogP contribution is 2.28. The number of rotatable bonds is 6. The summed E-state index contributed by atoms with van der Waals surface area (Å²) in [5.74, 6) is -0.337. The molecule has 1 aliphatic rings. The average Bonchev–Trinajstić information content (AvgIpc) is 3.03. The first-order chi connectivity index (χ1) is 10.3. The number of nitrogens with one attached hydrogen (secondary N) is 1. The Morgan fingerprint density at radius 2 is 2.05 bits per heavy atom. The second-order valence-corrected chi connectivity index (χ2v) is 8.05. The SMILES string of the molecule is Cc1cc(C(=O)CCC(=O)NC2(C(=O)O)CCSC2)c(C)s1. The van der Waals surface area contributed by atoms with Gasteiger partial charge >= 0.3 is 5.97 Å². The maximum atomic E-state index is 12.1. The lowest BCUT2D eigenvalue weighted by molar-refractivity contribution is -0.146. The van der Waals surface area contributed by atoms with E-state index in [2.05, 4.69) is 5.32 Å². The van der Waals surface area contributed by atoms with Gasteiger partial charge in [0.1, 0.15) is 5.54 Å². The van der Waals surface area contributed by atoms with Gasteiger partial charge in [-0.1, -0.05) is 0 Å². The number of thiophene rings is 1. The molecular formula is C15H19NO4S2. The van der Waals surface area contributed by atoms with Crippen LogP contribution in [0.25, 0.3) is 0 Å². The van der Waals surface area contributed by atoms with Crippen molar-refractivity contribution >= 4 is 40.8 Å². The van der Waals surface area contributed by atoms with Gasteiger partial charge in [-0.3, -0.25) is 9.59 Å². The largest absolute Gasteiger partial charge is 0.479 e. The number of carboxylic acids is 1. The van der Waals surface area contributed by atoms with E-state index in [-0.39, 0.29) is 24.5 Å². The van der Waals surface area contributed by atoms with Gasteiger partial charge < -0.3 is 10.4 Å². The van der Waals surface area contributed by atoms with Crippen LogP contribution in [-0.4, -0.2) is 39.8 Å². The lowest BCUT2D eigenvalue weighted by atomic mass is 9.98. The molecule has 0 spiro atoms. The topological polar surface area (TPSA) is 83.5 Å². The van der Waals surface area contributed by atoms with E-state index in [1.165, 1.54) is 11.8 Å². The average molecular weight is 341 g/mol. The molecule has 2 rings (SSSR count). The van der Waals surface area contributed by atoms with Crippen LogP contribution in [0.1, 0.15) is 39.4 Å². The number of thioether (sulfide) groups is 1. The smallest absolute Gasteiger partial charge is 0.330 e. The van der Waals surface area contributed by atoms with Gasteiger partial charge in [0.05, 0.1) is 0 Å². The molecule has 7 heteroatoms. The molecule has 1 aliphatic heterocycles. The molecule has 1 aromatic heterocycles. The summed E-state index contributed by atoms with van der Waals surface area (Å²) in [7, 11) is 0. The number of aryl methyl sites for hydroxylation is 2. The summed E-state index contributed by atoms with van der Waals surface area (Å²) in [6.45, 7) is 3.83. The second-order valence-electron chi connectivity index (χ2n) is 5.49. The van der Waals surface area contributed by atoms with Gasteiger partial charge in [0.15, 0.2) is 5.78 Å².